The van der Waals surface area contributed by atoms with E-state index >= 15 is 0 Å². The van der Waals surface area contributed by atoms with E-state index in [4.69, 9.17) is 0 Å². The lowest BCUT2D eigenvalue weighted by atomic mass is 10.7. The highest BCUT2D eigenvalue weighted by Crippen LogP contribution is 1.73. The van der Waals surface area contributed by atoms with Crippen molar-refractivity contribution in [1.82, 2.24) is 0 Å². The second kappa shape index (κ2) is 2.12. The Bertz CT molecular complexity index is 108. The van der Waals surface area contributed by atoms with Crippen molar-refractivity contribution in [1.29, 1.82) is 0 Å². The first-order valence-electron chi connectivity index (χ1n) is 1.49. The van der Waals surface area contributed by atoms with Gasteiger partial charge in [0.2, 0.25) is 0 Å². The van der Waals surface area contributed by atoms with Crippen molar-refractivity contribution in [2.24, 2.45) is 5.16 Å². The third-order valence-electron chi connectivity index (χ3n) is 0.396. The van der Waals surface area contributed by atoms with Crippen molar-refractivity contribution in [3.05, 3.63) is 15.3 Å². The molecule has 0 amide bonds. The van der Waals surface area contributed by atoms with Crippen molar-refractivity contribution in [2.75, 3.05) is 0 Å². The Morgan fingerprint density at radius 2 is 2.29 bits per heavy atom. The number of hydrogen-bond donors (Lipinski definition) is 0. The van der Waals surface area contributed by atoms with Gasteiger partial charge in [0, 0.05) is 6.92 Å². The average Bonchev–Trinajstić information content (AvgIpc) is 1.65. The van der Waals surface area contributed by atoms with Crippen molar-refractivity contribution in [3.63, 3.8) is 0 Å². The molecule has 0 aromatic rings. The Morgan fingerprint density at radius 1 is 1.86 bits per heavy atom. The molecule has 7 heavy (non-hydrogen) atoms. The normalized spacial score (nSPS) is 11.3. The van der Waals surface area contributed by atoms with E-state index in [0.717, 1.165) is 6.92 Å². The molecular formula is C2H3N2O3-. The molecule has 0 spiro atoms. The maximum absolute atomic E-state index is 9.41. The van der Waals surface area contributed by atoms with Crippen LogP contribution in [0.4, 0.5) is 0 Å². The Kier molecular flexibility index (Phi) is 1.78. The van der Waals surface area contributed by atoms with Crippen LogP contribution in [0.25, 0.3) is 0 Å². The third-order valence-corrected chi connectivity index (χ3v) is 0.396. The molecule has 0 atom stereocenters. The highest BCUT2D eigenvalue weighted by atomic mass is 16.6. The van der Waals surface area contributed by atoms with Gasteiger partial charge in [-0.2, -0.15) is 0 Å². The molecule has 0 aliphatic carbocycles. The summed E-state index contributed by atoms with van der Waals surface area (Å²) in [5.41, 5.74) is 0. The second-order valence-corrected chi connectivity index (χ2v) is 0.896. The minimum atomic E-state index is -0.840. The van der Waals surface area contributed by atoms with Gasteiger partial charge in [0.25, 0.3) is 0 Å². The van der Waals surface area contributed by atoms with E-state index in [1.165, 1.54) is 0 Å². The lowest BCUT2D eigenvalue weighted by Gasteiger charge is -1.87. The molecule has 0 aromatic carbocycles. The van der Waals surface area contributed by atoms with E-state index < -0.39 is 10.8 Å². The molecule has 0 saturated heterocycles. The molecule has 0 aromatic heterocycles. The Labute approximate surface area is 39.4 Å². The van der Waals surface area contributed by atoms with Crippen LogP contribution in [0.5, 0.6) is 0 Å². The summed E-state index contributed by atoms with van der Waals surface area (Å²) in [6.45, 7) is 1.03. The van der Waals surface area contributed by atoms with Gasteiger partial charge in [0.15, 0.2) is 0 Å². The first-order valence-corrected chi connectivity index (χ1v) is 1.49. The van der Waals surface area contributed by atoms with Crippen LogP contribution in [-0.4, -0.2) is 10.8 Å². The van der Waals surface area contributed by atoms with Crippen LogP contribution in [-0.2, 0) is 0 Å². The molecule has 0 fully saturated rings. The molecular weight excluding hydrogens is 100 g/mol. The van der Waals surface area contributed by atoms with E-state index in [1.807, 2.05) is 0 Å². The molecule has 5 nitrogen and oxygen atoms in total. The van der Waals surface area contributed by atoms with Gasteiger partial charge in [-0.15, -0.1) is 0 Å². The predicted octanol–water partition coefficient (Wildman–Crippen LogP) is 0.179. The van der Waals surface area contributed by atoms with Gasteiger partial charge in [0.05, 0.1) is 0 Å². The van der Waals surface area contributed by atoms with Crippen LogP contribution >= 0.6 is 0 Å². The fourth-order valence-electron chi connectivity index (χ4n) is 0.0333. The van der Waals surface area contributed by atoms with Crippen LogP contribution in [0.3, 0.4) is 0 Å². The zero-order valence-corrected chi connectivity index (χ0v) is 3.62. The van der Waals surface area contributed by atoms with Gasteiger partial charge in [0.1, 0.15) is 0 Å². The molecule has 0 radical (unpaired) electrons. The summed E-state index contributed by atoms with van der Waals surface area (Å²) in [5, 5.41) is 20.7. The summed E-state index contributed by atoms with van der Waals surface area (Å²) in [4.78, 5) is 8.56. The molecule has 40 valence electrons. The Balaban J connectivity index is 3.82. The van der Waals surface area contributed by atoms with Crippen molar-refractivity contribution >= 4 is 5.84 Å². The maximum atomic E-state index is 9.41. The van der Waals surface area contributed by atoms with E-state index in [2.05, 4.69) is 5.16 Å². The van der Waals surface area contributed by atoms with E-state index in [1.54, 1.807) is 0 Å². The minimum absolute atomic E-state index is 0.611. The molecule has 0 aliphatic rings. The Morgan fingerprint density at radius 3 is 2.29 bits per heavy atom. The largest absolute Gasteiger partial charge is 0.675 e. The lowest BCUT2D eigenvalue weighted by molar-refractivity contribution is -0.351. The van der Waals surface area contributed by atoms with Crippen molar-refractivity contribution in [2.45, 2.75) is 6.92 Å². The highest BCUT2D eigenvalue weighted by Gasteiger charge is 1.94. The SMILES string of the molecule is C/C(=N/[O-])[N+](=O)[O-]. The van der Waals surface area contributed by atoms with Gasteiger partial charge in [-0.3, -0.25) is 0 Å². The predicted molar refractivity (Wildman–Crippen MR) is 23.5 cm³/mol. The number of amidine groups is 1. The van der Waals surface area contributed by atoms with Crippen LogP contribution < -0.4 is 0 Å². The summed E-state index contributed by atoms with van der Waals surface area (Å²) in [5.74, 6) is -0.611. The number of nitro groups is 1. The van der Waals surface area contributed by atoms with E-state index in [0.29, 0.717) is 0 Å². The second-order valence-electron chi connectivity index (χ2n) is 0.896. The first kappa shape index (κ1) is 5.87. The summed E-state index contributed by atoms with van der Waals surface area (Å²) >= 11 is 0. The summed E-state index contributed by atoms with van der Waals surface area (Å²) in [6.07, 6.45) is 0. The smallest absolute Gasteiger partial charge is 0.335 e. The molecule has 0 bridgehead atoms. The fraction of sp³-hybridized carbons (Fsp3) is 0.500. The number of nitrogens with zero attached hydrogens (tertiary/aromatic N) is 2. The van der Waals surface area contributed by atoms with Gasteiger partial charge < -0.3 is 15.3 Å². The molecule has 0 aliphatic heterocycles. The zero-order chi connectivity index (χ0) is 5.86. The van der Waals surface area contributed by atoms with Gasteiger partial charge >= 0.3 is 5.84 Å². The van der Waals surface area contributed by atoms with Crippen LogP contribution in [0, 0.1) is 15.3 Å². The standard InChI is InChI=1S/C2H4N2O3/c1-2(3-5)4(6)7/h5H,1H3/p-1/b3-2-. The molecule has 0 unspecified atom stereocenters. The molecule has 0 rings (SSSR count). The van der Waals surface area contributed by atoms with Crippen molar-refractivity contribution < 1.29 is 4.92 Å². The summed E-state index contributed by atoms with van der Waals surface area (Å²) in [7, 11) is 0. The van der Waals surface area contributed by atoms with Crippen molar-refractivity contribution in [3.8, 4) is 0 Å². The third kappa shape index (κ3) is 1.69. The number of hydrogen-bond acceptors (Lipinski definition) is 4. The fourth-order valence-corrected chi connectivity index (χ4v) is 0.0333. The quantitative estimate of drug-likeness (QED) is 0.190. The average molecular weight is 103 g/mol. The zero-order valence-electron chi connectivity index (χ0n) is 3.62. The molecule has 0 heterocycles. The summed E-state index contributed by atoms with van der Waals surface area (Å²) in [6, 6.07) is 0. The topological polar surface area (TPSA) is 78.6 Å². The molecule has 0 saturated carbocycles. The monoisotopic (exact) mass is 103 g/mol. The van der Waals surface area contributed by atoms with Crippen LogP contribution in [0.15, 0.2) is 5.16 Å². The minimum Gasteiger partial charge on any atom is -0.675 e. The molecule has 0 N–H and O–H groups in total. The Hall–Kier alpha value is -1.13. The summed E-state index contributed by atoms with van der Waals surface area (Å²) < 4.78 is 0. The lowest BCUT2D eigenvalue weighted by Crippen LogP contribution is -2.04. The van der Waals surface area contributed by atoms with Crippen LogP contribution in [0.2, 0.25) is 0 Å². The van der Waals surface area contributed by atoms with E-state index in [9.17, 15) is 15.3 Å². The number of rotatable bonds is 0. The highest BCUT2D eigenvalue weighted by molar-refractivity contribution is 5.70. The van der Waals surface area contributed by atoms with Gasteiger partial charge in [-0.1, -0.05) is 5.16 Å². The van der Waals surface area contributed by atoms with Crippen LogP contribution in [0.1, 0.15) is 6.92 Å². The van der Waals surface area contributed by atoms with Gasteiger partial charge in [-0.05, 0) is 4.92 Å². The van der Waals surface area contributed by atoms with Gasteiger partial charge in [-0.25, -0.2) is 0 Å². The molecule has 5 heteroatoms. The van der Waals surface area contributed by atoms with E-state index in [-0.39, 0.29) is 0 Å². The maximum Gasteiger partial charge on any atom is 0.335 e. The first-order chi connectivity index (χ1) is 3.18.